The number of methoxy groups -OCH3 is 1. The molecule has 5 rings (SSSR count). The molecular weight excluding hydrogens is 414 g/mol. The molecule has 2 unspecified atom stereocenters. The fourth-order valence-corrected chi connectivity index (χ4v) is 5.17. The van der Waals surface area contributed by atoms with Crippen molar-refractivity contribution in [2.75, 3.05) is 26.7 Å². The first-order valence-electron chi connectivity index (χ1n) is 10.8. The van der Waals surface area contributed by atoms with Gasteiger partial charge in [-0.25, -0.2) is 4.79 Å². The minimum absolute atomic E-state index is 0.117. The van der Waals surface area contributed by atoms with Crippen molar-refractivity contribution < 1.29 is 24.0 Å². The van der Waals surface area contributed by atoms with Gasteiger partial charge in [-0.15, -0.1) is 0 Å². The second-order valence-corrected chi connectivity index (χ2v) is 8.66. The molecule has 0 aliphatic carbocycles. The lowest BCUT2D eigenvalue weighted by molar-refractivity contribution is -0.384. The summed E-state index contributed by atoms with van der Waals surface area (Å²) in [5.41, 5.74) is 1.55. The van der Waals surface area contributed by atoms with Crippen LogP contribution in [0.1, 0.15) is 38.2 Å². The SMILES string of the molecule is COC(=O)C1C(C)=NC(C)=C(C(=O)O[C@H]2CN3CCC2CC3)C1c1cccc([N+](=O)[O-])c1. The van der Waals surface area contributed by atoms with Crippen LogP contribution in [0, 0.1) is 22.0 Å². The number of carbonyl (C=O) groups excluding carboxylic acids is 2. The molecule has 3 fully saturated rings. The quantitative estimate of drug-likeness (QED) is 0.392. The molecule has 0 N–H and O–H groups in total. The molecule has 4 aliphatic heterocycles. The number of benzene rings is 1. The predicted molar refractivity (Wildman–Crippen MR) is 116 cm³/mol. The normalized spacial score (nSPS) is 29.3. The smallest absolute Gasteiger partial charge is 0.336 e. The Morgan fingerprint density at radius 1 is 1.22 bits per heavy atom. The number of nitro groups is 1. The van der Waals surface area contributed by atoms with E-state index in [1.807, 2.05) is 0 Å². The average molecular weight is 441 g/mol. The van der Waals surface area contributed by atoms with Crippen LogP contribution in [0.2, 0.25) is 0 Å². The van der Waals surface area contributed by atoms with Crippen LogP contribution < -0.4 is 0 Å². The third-order valence-corrected chi connectivity index (χ3v) is 6.80. The Morgan fingerprint density at radius 3 is 2.53 bits per heavy atom. The highest BCUT2D eigenvalue weighted by Crippen LogP contribution is 2.41. The van der Waals surface area contributed by atoms with Crippen LogP contribution in [0.15, 0.2) is 40.5 Å². The predicted octanol–water partition coefficient (Wildman–Crippen LogP) is 2.85. The third kappa shape index (κ3) is 4.04. The fourth-order valence-electron chi connectivity index (χ4n) is 5.17. The number of hydrogen-bond donors (Lipinski definition) is 0. The van der Waals surface area contributed by atoms with Crippen molar-refractivity contribution in [1.29, 1.82) is 0 Å². The number of nitro benzene ring substituents is 1. The lowest BCUT2D eigenvalue weighted by Gasteiger charge is -2.44. The average Bonchev–Trinajstić information content (AvgIpc) is 2.78. The Kier molecular flexibility index (Phi) is 6.10. The van der Waals surface area contributed by atoms with Crippen LogP contribution in [-0.4, -0.2) is 60.3 Å². The fraction of sp³-hybridized carbons (Fsp3) is 0.522. The van der Waals surface area contributed by atoms with Crippen LogP contribution in [-0.2, 0) is 19.1 Å². The number of rotatable bonds is 5. The molecule has 9 nitrogen and oxygen atoms in total. The van der Waals surface area contributed by atoms with Gasteiger partial charge in [0.25, 0.3) is 5.69 Å². The van der Waals surface area contributed by atoms with Crippen molar-refractivity contribution in [2.45, 2.75) is 38.7 Å². The summed E-state index contributed by atoms with van der Waals surface area (Å²) in [4.78, 5) is 43.8. The molecule has 4 aliphatic rings. The zero-order chi connectivity index (χ0) is 23.0. The maximum absolute atomic E-state index is 13.5. The highest BCUT2D eigenvalue weighted by atomic mass is 16.6. The van der Waals surface area contributed by atoms with Crippen molar-refractivity contribution in [3.63, 3.8) is 0 Å². The molecular formula is C23H27N3O6. The maximum atomic E-state index is 13.5. The van der Waals surface area contributed by atoms with Crippen LogP contribution in [0.3, 0.4) is 0 Å². The molecule has 4 heterocycles. The summed E-state index contributed by atoms with van der Waals surface area (Å²) in [5, 5.41) is 11.4. The molecule has 32 heavy (non-hydrogen) atoms. The number of nitrogens with zero attached hydrogens (tertiary/aromatic N) is 3. The van der Waals surface area contributed by atoms with Crippen molar-refractivity contribution in [1.82, 2.24) is 4.90 Å². The number of non-ortho nitro benzene ring substituents is 1. The summed E-state index contributed by atoms with van der Waals surface area (Å²) < 4.78 is 11.0. The molecule has 0 amide bonds. The molecule has 9 heteroatoms. The Balaban J connectivity index is 1.73. The van der Waals surface area contributed by atoms with E-state index in [9.17, 15) is 19.7 Å². The highest BCUT2D eigenvalue weighted by Gasteiger charge is 2.44. The van der Waals surface area contributed by atoms with Gasteiger partial charge in [0.1, 0.15) is 12.0 Å². The van der Waals surface area contributed by atoms with Gasteiger partial charge >= 0.3 is 11.9 Å². The maximum Gasteiger partial charge on any atom is 0.336 e. The van der Waals surface area contributed by atoms with Crippen LogP contribution >= 0.6 is 0 Å². The number of piperidine rings is 3. The Bertz CT molecular complexity index is 1010. The second-order valence-electron chi connectivity index (χ2n) is 8.66. The lowest BCUT2D eigenvalue weighted by Crippen LogP contribution is -2.52. The first-order valence-corrected chi connectivity index (χ1v) is 10.8. The molecule has 1 aromatic carbocycles. The molecule has 0 aromatic heterocycles. The zero-order valence-electron chi connectivity index (χ0n) is 18.4. The summed E-state index contributed by atoms with van der Waals surface area (Å²) >= 11 is 0. The van der Waals surface area contributed by atoms with Crippen LogP contribution in [0.4, 0.5) is 5.69 Å². The van der Waals surface area contributed by atoms with Gasteiger partial charge in [0.05, 0.1) is 17.6 Å². The van der Waals surface area contributed by atoms with E-state index in [0.29, 0.717) is 29.4 Å². The van der Waals surface area contributed by atoms with Crippen molar-refractivity contribution in [3.8, 4) is 0 Å². The van der Waals surface area contributed by atoms with Crippen molar-refractivity contribution in [3.05, 3.63) is 51.2 Å². The van der Waals surface area contributed by atoms with Gasteiger partial charge in [-0.1, -0.05) is 12.1 Å². The number of carbonyl (C=O) groups is 2. The summed E-state index contributed by atoms with van der Waals surface area (Å²) in [6, 6.07) is 6.01. The van der Waals surface area contributed by atoms with E-state index in [0.717, 1.165) is 25.9 Å². The van der Waals surface area contributed by atoms with Gasteiger partial charge in [0, 0.05) is 36.0 Å². The lowest BCUT2D eigenvalue weighted by atomic mass is 9.75. The van der Waals surface area contributed by atoms with E-state index >= 15 is 0 Å². The summed E-state index contributed by atoms with van der Waals surface area (Å²) in [5.74, 6) is -2.41. The molecule has 3 atom stereocenters. The van der Waals surface area contributed by atoms with E-state index < -0.39 is 28.7 Å². The minimum atomic E-state index is -0.875. The zero-order valence-corrected chi connectivity index (χ0v) is 18.4. The highest BCUT2D eigenvalue weighted by molar-refractivity contribution is 6.07. The van der Waals surface area contributed by atoms with Gasteiger partial charge in [-0.2, -0.15) is 0 Å². The number of fused-ring (bicyclic) bond motifs is 3. The van der Waals surface area contributed by atoms with E-state index in [1.54, 1.807) is 26.0 Å². The summed E-state index contributed by atoms with van der Waals surface area (Å²) in [6.07, 6.45) is 1.78. The Morgan fingerprint density at radius 2 is 1.94 bits per heavy atom. The number of hydrogen-bond acceptors (Lipinski definition) is 8. The Hall–Kier alpha value is -3.07. The topological polar surface area (TPSA) is 111 Å². The second kappa shape index (κ2) is 8.82. The first-order chi connectivity index (χ1) is 15.3. The summed E-state index contributed by atoms with van der Waals surface area (Å²) in [7, 11) is 1.27. The van der Waals surface area contributed by atoms with Gasteiger partial charge in [-0.3, -0.25) is 24.8 Å². The number of ether oxygens (including phenoxy) is 2. The molecule has 0 saturated carbocycles. The molecule has 170 valence electrons. The first kappa shape index (κ1) is 22.1. The standard InChI is InChI=1S/C23H27N3O6/c1-13-19(22(27)31-3)21(16-5-4-6-17(11-16)26(29)30)20(14(2)24-13)23(28)32-18-12-25-9-7-15(18)8-10-25/h4-6,11,15,18-19,21H,7-10,12H2,1-3H3/t18-,19?,21?/m0/s1. The molecule has 0 spiro atoms. The van der Waals surface area contributed by atoms with E-state index in [-0.39, 0.29) is 17.4 Å². The monoisotopic (exact) mass is 441 g/mol. The van der Waals surface area contributed by atoms with Crippen LogP contribution in [0.25, 0.3) is 0 Å². The van der Waals surface area contributed by atoms with Gasteiger partial charge < -0.3 is 9.47 Å². The van der Waals surface area contributed by atoms with E-state index in [4.69, 9.17) is 9.47 Å². The number of aliphatic imine (C=N–C) groups is 1. The largest absolute Gasteiger partial charge is 0.468 e. The summed E-state index contributed by atoms with van der Waals surface area (Å²) in [6.45, 7) is 6.14. The van der Waals surface area contributed by atoms with E-state index in [2.05, 4.69) is 9.89 Å². The third-order valence-electron chi connectivity index (χ3n) is 6.80. The molecule has 0 radical (unpaired) electrons. The number of allylic oxidation sites excluding steroid dienone is 1. The van der Waals surface area contributed by atoms with Gasteiger partial charge in [-0.05, 0) is 51.3 Å². The Labute approximate surface area is 186 Å². The van der Waals surface area contributed by atoms with Crippen molar-refractivity contribution >= 4 is 23.3 Å². The molecule has 3 saturated heterocycles. The van der Waals surface area contributed by atoms with Crippen LogP contribution in [0.5, 0.6) is 0 Å². The van der Waals surface area contributed by atoms with E-state index in [1.165, 1.54) is 19.2 Å². The molecule has 2 bridgehead atoms. The minimum Gasteiger partial charge on any atom is -0.468 e. The van der Waals surface area contributed by atoms with Crippen molar-refractivity contribution in [2.24, 2.45) is 16.8 Å². The van der Waals surface area contributed by atoms with Gasteiger partial charge in [0.15, 0.2) is 0 Å². The number of esters is 2. The van der Waals surface area contributed by atoms with Gasteiger partial charge in [0.2, 0.25) is 0 Å². The molecule has 1 aromatic rings.